The SMILES string of the molecule is CN1CCc2cc([C@H](CNC(=O)C(=O)NCCC3=CCCCC3)N3CCCC3)ccc21. The Balaban J connectivity index is 1.32. The van der Waals surface area contributed by atoms with E-state index in [-0.39, 0.29) is 6.04 Å². The van der Waals surface area contributed by atoms with Crippen molar-refractivity contribution in [3.63, 3.8) is 0 Å². The minimum absolute atomic E-state index is 0.114. The molecule has 1 aromatic carbocycles. The van der Waals surface area contributed by atoms with E-state index in [1.165, 1.54) is 48.1 Å². The Bertz CT molecular complexity index is 829. The molecule has 1 atom stereocenters. The molecule has 2 amide bonds. The van der Waals surface area contributed by atoms with E-state index in [2.05, 4.69) is 51.8 Å². The lowest BCUT2D eigenvalue weighted by Gasteiger charge is -2.28. The molecule has 0 unspecified atom stereocenters. The highest BCUT2D eigenvalue weighted by molar-refractivity contribution is 6.35. The van der Waals surface area contributed by atoms with E-state index in [0.29, 0.717) is 13.1 Å². The van der Waals surface area contributed by atoms with Gasteiger partial charge in [0.15, 0.2) is 0 Å². The third kappa shape index (κ3) is 5.48. The van der Waals surface area contributed by atoms with E-state index in [1.807, 2.05) is 0 Å². The fourth-order valence-corrected chi connectivity index (χ4v) is 5.12. The van der Waals surface area contributed by atoms with Crippen LogP contribution in [0.1, 0.15) is 62.1 Å². The van der Waals surface area contributed by atoms with Gasteiger partial charge in [0, 0.05) is 32.4 Å². The molecule has 6 heteroatoms. The topological polar surface area (TPSA) is 64.7 Å². The highest BCUT2D eigenvalue weighted by Crippen LogP contribution is 2.32. The summed E-state index contributed by atoms with van der Waals surface area (Å²) in [5.41, 5.74) is 5.33. The zero-order valence-electron chi connectivity index (χ0n) is 18.8. The summed E-state index contributed by atoms with van der Waals surface area (Å²) < 4.78 is 0. The molecule has 4 rings (SSSR count). The lowest BCUT2D eigenvalue weighted by atomic mass is 9.97. The lowest BCUT2D eigenvalue weighted by Crippen LogP contribution is -2.44. The summed E-state index contributed by atoms with van der Waals surface area (Å²) >= 11 is 0. The number of anilines is 1. The summed E-state index contributed by atoms with van der Waals surface area (Å²) in [5, 5.41) is 5.70. The van der Waals surface area contributed by atoms with Gasteiger partial charge in [0.2, 0.25) is 0 Å². The van der Waals surface area contributed by atoms with Crippen LogP contribution in [-0.4, -0.2) is 56.5 Å². The molecular formula is C25H36N4O2. The van der Waals surface area contributed by atoms with Gasteiger partial charge >= 0.3 is 11.8 Å². The van der Waals surface area contributed by atoms with Gasteiger partial charge in [-0.3, -0.25) is 14.5 Å². The smallest absolute Gasteiger partial charge is 0.309 e. The van der Waals surface area contributed by atoms with E-state index in [0.717, 1.165) is 45.3 Å². The van der Waals surface area contributed by atoms with Crippen molar-refractivity contribution in [3.05, 3.63) is 41.0 Å². The predicted octanol–water partition coefficient (Wildman–Crippen LogP) is 2.94. The number of carbonyl (C=O) groups is 2. The predicted molar refractivity (Wildman–Crippen MR) is 124 cm³/mol. The van der Waals surface area contributed by atoms with Crippen molar-refractivity contribution in [2.24, 2.45) is 0 Å². The minimum atomic E-state index is -0.525. The molecular weight excluding hydrogens is 388 g/mol. The summed E-state index contributed by atoms with van der Waals surface area (Å²) in [6.45, 7) is 4.14. The standard InChI is InChI=1S/C25H36N4O2/c1-28-16-12-21-17-20(9-10-22(21)28)23(29-14-5-6-15-29)18-27-25(31)24(30)26-13-11-19-7-3-2-4-8-19/h7,9-10,17,23H,2-6,8,11-16,18H2,1H3,(H,26,30)(H,27,31)/t23-/m0/s1. The average molecular weight is 425 g/mol. The second kappa shape index (κ2) is 10.3. The first-order valence-corrected chi connectivity index (χ1v) is 11.9. The van der Waals surface area contributed by atoms with Gasteiger partial charge in [-0.2, -0.15) is 0 Å². The number of likely N-dealkylation sites (N-methyl/N-ethyl adjacent to an activating group) is 1. The van der Waals surface area contributed by atoms with Crippen LogP contribution in [0.2, 0.25) is 0 Å². The number of carbonyl (C=O) groups excluding carboxylic acids is 2. The number of benzene rings is 1. The van der Waals surface area contributed by atoms with Crippen LogP contribution in [0.3, 0.4) is 0 Å². The second-order valence-electron chi connectivity index (χ2n) is 9.14. The molecule has 2 heterocycles. The number of amides is 2. The molecule has 0 spiro atoms. The molecule has 0 bridgehead atoms. The Hall–Kier alpha value is -2.34. The number of hydrogen-bond donors (Lipinski definition) is 2. The third-order valence-corrected chi connectivity index (χ3v) is 6.98. The van der Waals surface area contributed by atoms with Gasteiger partial charge in [-0.15, -0.1) is 0 Å². The van der Waals surface area contributed by atoms with Crippen LogP contribution in [0.5, 0.6) is 0 Å². The van der Waals surface area contributed by atoms with E-state index < -0.39 is 11.8 Å². The highest BCUT2D eigenvalue weighted by atomic mass is 16.2. The molecule has 1 aliphatic carbocycles. The maximum atomic E-state index is 12.4. The first kappa shape index (κ1) is 21.9. The molecule has 168 valence electrons. The molecule has 0 saturated carbocycles. The normalized spacial score (nSPS) is 19.6. The number of rotatable bonds is 7. The van der Waals surface area contributed by atoms with Crippen molar-refractivity contribution < 1.29 is 9.59 Å². The Morgan fingerprint density at radius 2 is 1.81 bits per heavy atom. The van der Waals surface area contributed by atoms with Crippen molar-refractivity contribution >= 4 is 17.5 Å². The zero-order valence-corrected chi connectivity index (χ0v) is 18.8. The summed E-state index contributed by atoms with van der Waals surface area (Å²) in [6, 6.07) is 6.80. The van der Waals surface area contributed by atoms with Gasteiger partial charge in [-0.05, 0) is 81.6 Å². The quantitative estimate of drug-likeness (QED) is 0.522. The van der Waals surface area contributed by atoms with Crippen LogP contribution in [0, 0.1) is 0 Å². The molecule has 6 nitrogen and oxygen atoms in total. The monoisotopic (exact) mass is 424 g/mol. The molecule has 1 fully saturated rings. The Morgan fingerprint density at radius 3 is 2.58 bits per heavy atom. The highest BCUT2D eigenvalue weighted by Gasteiger charge is 2.26. The van der Waals surface area contributed by atoms with Gasteiger partial charge in [-0.25, -0.2) is 0 Å². The van der Waals surface area contributed by atoms with Gasteiger partial charge < -0.3 is 15.5 Å². The first-order valence-electron chi connectivity index (χ1n) is 11.9. The van der Waals surface area contributed by atoms with Crippen molar-refractivity contribution in [2.75, 3.05) is 44.7 Å². The van der Waals surface area contributed by atoms with Gasteiger partial charge in [-0.1, -0.05) is 23.8 Å². The fourth-order valence-electron chi connectivity index (χ4n) is 5.12. The fraction of sp³-hybridized carbons (Fsp3) is 0.600. The largest absolute Gasteiger partial charge is 0.374 e. The number of allylic oxidation sites excluding steroid dienone is 1. The number of fused-ring (bicyclic) bond motifs is 1. The second-order valence-corrected chi connectivity index (χ2v) is 9.14. The molecule has 3 aliphatic rings. The zero-order chi connectivity index (χ0) is 21.6. The van der Waals surface area contributed by atoms with E-state index in [4.69, 9.17) is 0 Å². The van der Waals surface area contributed by atoms with Crippen LogP contribution in [0.4, 0.5) is 5.69 Å². The molecule has 0 aromatic heterocycles. The van der Waals surface area contributed by atoms with Crippen LogP contribution in [-0.2, 0) is 16.0 Å². The third-order valence-electron chi connectivity index (χ3n) is 6.98. The van der Waals surface area contributed by atoms with Crippen LogP contribution < -0.4 is 15.5 Å². The number of nitrogens with one attached hydrogen (secondary N) is 2. The molecule has 1 aromatic rings. The van der Waals surface area contributed by atoms with Crippen molar-refractivity contribution in [2.45, 2.75) is 57.4 Å². The van der Waals surface area contributed by atoms with E-state index >= 15 is 0 Å². The van der Waals surface area contributed by atoms with Gasteiger partial charge in [0.1, 0.15) is 0 Å². The number of nitrogens with zero attached hydrogens (tertiary/aromatic N) is 2. The Morgan fingerprint density at radius 1 is 1.00 bits per heavy atom. The maximum Gasteiger partial charge on any atom is 0.309 e. The molecule has 2 aliphatic heterocycles. The molecule has 31 heavy (non-hydrogen) atoms. The van der Waals surface area contributed by atoms with Gasteiger partial charge in [0.25, 0.3) is 0 Å². The van der Waals surface area contributed by atoms with E-state index in [1.54, 1.807) is 0 Å². The summed E-state index contributed by atoms with van der Waals surface area (Å²) in [4.78, 5) is 29.5. The minimum Gasteiger partial charge on any atom is -0.374 e. The van der Waals surface area contributed by atoms with Crippen molar-refractivity contribution in [1.82, 2.24) is 15.5 Å². The maximum absolute atomic E-state index is 12.4. The van der Waals surface area contributed by atoms with Crippen molar-refractivity contribution in [1.29, 1.82) is 0 Å². The number of likely N-dealkylation sites (tertiary alicyclic amines) is 1. The molecule has 2 N–H and O–H groups in total. The van der Waals surface area contributed by atoms with Gasteiger partial charge in [0.05, 0.1) is 6.04 Å². The first-order chi connectivity index (χ1) is 15.1. The molecule has 0 radical (unpaired) electrons. The Labute approximate surface area is 186 Å². The summed E-state index contributed by atoms with van der Waals surface area (Å²) in [5.74, 6) is -1.05. The summed E-state index contributed by atoms with van der Waals surface area (Å²) in [6.07, 6.45) is 11.3. The number of hydrogen-bond acceptors (Lipinski definition) is 4. The summed E-state index contributed by atoms with van der Waals surface area (Å²) in [7, 11) is 2.13. The Kier molecular flexibility index (Phi) is 7.28. The van der Waals surface area contributed by atoms with Crippen molar-refractivity contribution in [3.8, 4) is 0 Å². The van der Waals surface area contributed by atoms with E-state index in [9.17, 15) is 9.59 Å². The molecule has 1 saturated heterocycles. The lowest BCUT2D eigenvalue weighted by molar-refractivity contribution is -0.139. The van der Waals surface area contributed by atoms with Crippen LogP contribution >= 0.6 is 0 Å². The average Bonchev–Trinajstić information content (AvgIpc) is 3.45. The van der Waals surface area contributed by atoms with Crippen LogP contribution in [0.15, 0.2) is 29.8 Å². The van der Waals surface area contributed by atoms with Crippen LogP contribution in [0.25, 0.3) is 0 Å².